The molecular formula is C14H12N2O3. The Bertz CT molecular complexity index is 829. The molecular weight excluding hydrogens is 244 g/mol. The maximum Gasteiger partial charge on any atom is 0.349 e. The minimum atomic E-state index is -0.560. The van der Waals surface area contributed by atoms with Crippen LogP contribution in [0.5, 0.6) is 0 Å². The third kappa shape index (κ3) is 1.79. The fourth-order valence-electron chi connectivity index (χ4n) is 2.08. The highest BCUT2D eigenvalue weighted by atomic mass is 16.5. The number of hydrogen-bond donors (Lipinski definition) is 2. The smallest absolute Gasteiger partial charge is 0.349 e. The summed E-state index contributed by atoms with van der Waals surface area (Å²) in [5.74, 6) is -0.170. The molecule has 0 aliphatic heterocycles. The van der Waals surface area contributed by atoms with Gasteiger partial charge in [0.15, 0.2) is 5.58 Å². The van der Waals surface area contributed by atoms with E-state index in [9.17, 15) is 4.79 Å². The second kappa shape index (κ2) is 4.28. The average Bonchev–Trinajstić information content (AvgIpc) is 2.76. The van der Waals surface area contributed by atoms with Gasteiger partial charge in [0.05, 0.1) is 12.1 Å². The van der Waals surface area contributed by atoms with Gasteiger partial charge in [0.2, 0.25) is 5.90 Å². The van der Waals surface area contributed by atoms with Crippen molar-refractivity contribution < 1.29 is 9.15 Å². The molecule has 0 unspecified atom stereocenters. The molecule has 0 saturated heterocycles. The Hall–Kier alpha value is -2.56. The molecule has 19 heavy (non-hydrogen) atoms. The lowest BCUT2D eigenvalue weighted by molar-refractivity contribution is 0.324. The number of hydrogen-bond acceptors (Lipinski definition) is 4. The summed E-state index contributed by atoms with van der Waals surface area (Å²) in [6.07, 6.45) is 0. The fourth-order valence-corrected chi connectivity index (χ4v) is 2.08. The lowest BCUT2D eigenvalue weighted by Crippen LogP contribution is -2.16. The minimum Gasteiger partial charge on any atom is -0.478 e. The summed E-state index contributed by atoms with van der Waals surface area (Å²) in [7, 11) is 0. The zero-order valence-corrected chi connectivity index (χ0v) is 10.3. The molecule has 3 aromatic rings. The van der Waals surface area contributed by atoms with Crippen molar-refractivity contribution in [1.29, 1.82) is 5.41 Å². The number of nitrogens with one attached hydrogen (secondary N) is 2. The first-order chi connectivity index (χ1) is 9.20. The number of aromatic amines is 1. The lowest BCUT2D eigenvalue weighted by atomic mass is 10.2. The minimum absolute atomic E-state index is 0.126. The molecule has 0 saturated carbocycles. The molecule has 2 heterocycles. The van der Waals surface area contributed by atoms with Crippen molar-refractivity contribution in [2.75, 3.05) is 6.61 Å². The molecule has 0 fully saturated rings. The maximum absolute atomic E-state index is 11.9. The van der Waals surface area contributed by atoms with Crippen LogP contribution in [-0.4, -0.2) is 17.5 Å². The van der Waals surface area contributed by atoms with Crippen molar-refractivity contribution in [3.8, 4) is 0 Å². The van der Waals surface area contributed by atoms with Crippen LogP contribution in [0.25, 0.3) is 22.0 Å². The van der Waals surface area contributed by atoms with Gasteiger partial charge in [0, 0.05) is 10.9 Å². The quantitative estimate of drug-likeness (QED) is 0.546. The van der Waals surface area contributed by atoms with Gasteiger partial charge in [0.1, 0.15) is 5.56 Å². The van der Waals surface area contributed by atoms with Crippen molar-refractivity contribution in [3.05, 3.63) is 46.3 Å². The third-order valence-corrected chi connectivity index (χ3v) is 2.92. The monoisotopic (exact) mass is 256 g/mol. The number of fused-ring (bicyclic) bond motifs is 3. The summed E-state index contributed by atoms with van der Waals surface area (Å²) in [5, 5.41) is 8.54. The number of benzene rings is 1. The number of para-hydroxylation sites is 1. The van der Waals surface area contributed by atoms with E-state index < -0.39 is 5.63 Å². The zero-order valence-electron chi connectivity index (χ0n) is 10.3. The van der Waals surface area contributed by atoms with Gasteiger partial charge >= 0.3 is 5.63 Å². The van der Waals surface area contributed by atoms with E-state index in [0.29, 0.717) is 17.7 Å². The molecule has 5 heteroatoms. The Morgan fingerprint density at radius 2 is 2.16 bits per heavy atom. The van der Waals surface area contributed by atoms with Crippen LogP contribution in [0.4, 0.5) is 0 Å². The SMILES string of the molecule is CCOC(=N)c1cc2[nH]c3ccccc3c2oc1=O. The van der Waals surface area contributed by atoms with Gasteiger partial charge in [-0.15, -0.1) is 0 Å². The van der Waals surface area contributed by atoms with Gasteiger partial charge in [0.25, 0.3) is 0 Å². The van der Waals surface area contributed by atoms with Crippen LogP contribution in [-0.2, 0) is 4.74 Å². The van der Waals surface area contributed by atoms with Crippen LogP contribution in [0.3, 0.4) is 0 Å². The summed E-state index contributed by atoms with van der Waals surface area (Å²) in [5.41, 5.74) is 1.64. The molecule has 1 aromatic carbocycles. The third-order valence-electron chi connectivity index (χ3n) is 2.92. The molecule has 2 N–H and O–H groups in total. The first-order valence-electron chi connectivity index (χ1n) is 5.97. The number of ether oxygens (including phenoxy) is 1. The lowest BCUT2D eigenvalue weighted by Gasteiger charge is -2.02. The highest BCUT2D eigenvalue weighted by molar-refractivity contribution is 6.05. The summed E-state index contributed by atoms with van der Waals surface area (Å²) < 4.78 is 10.3. The largest absolute Gasteiger partial charge is 0.478 e. The normalized spacial score (nSPS) is 11.0. The molecule has 0 bridgehead atoms. The van der Waals surface area contributed by atoms with Crippen molar-refractivity contribution in [2.45, 2.75) is 6.92 Å². The number of H-pyrrole nitrogens is 1. The molecule has 0 aliphatic rings. The van der Waals surface area contributed by atoms with Crippen LogP contribution < -0.4 is 5.63 Å². The van der Waals surface area contributed by atoms with Crippen LogP contribution in [0.2, 0.25) is 0 Å². The van der Waals surface area contributed by atoms with Crippen LogP contribution in [0, 0.1) is 5.41 Å². The molecule has 3 rings (SSSR count). The molecule has 2 aromatic heterocycles. The standard InChI is InChI=1S/C14H12N2O3/c1-2-18-13(15)9-7-11-12(19-14(9)17)8-5-3-4-6-10(8)16-11/h3-7,15-16H,2H2,1H3. The Kier molecular flexibility index (Phi) is 2.59. The molecule has 96 valence electrons. The molecule has 0 atom stereocenters. The van der Waals surface area contributed by atoms with E-state index in [4.69, 9.17) is 14.6 Å². The zero-order chi connectivity index (χ0) is 13.4. The van der Waals surface area contributed by atoms with Crippen molar-refractivity contribution in [1.82, 2.24) is 4.98 Å². The summed E-state index contributed by atoms with van der Waals surface area (Å²) in [4.78, 5) is 15.0. The maximum atomic E-state index is 11.9. The van der Waals surface area contributed by atoms with Crippen molar-refractivity contribution in [3.63, 3.8) is 0 Å². The van der Waals surface area contributed by atoms with E-state index in [1.54, 1.807) is 13.0 Å². The number of rotatable bonds is 2. The second-order valence-electron chi connectivity index (χ2n) is 4.12. The molecule has 0 spiro atoms. The van der Waals surface area contributed by atoms with E-state index >= 15 is 0 Å². The van der Waals surface area contributed by atoms with Crippen molar-refractivity contribution >= 4 is 27.9 Å². The van der Waals surface area contributed by atoms with Crippen LogP contribution in [0.1, 0.15) is 12.5 Å². The first-order valence-corrected chi connectivity index (χ1v) is 5.97. The summed E-state index contributed by atoms with van der Waals surface area (Å²) >= 11 is 0. The van der Waals surface area contributed by atoms with Crippen molar-refractivity contribution in [2.24, 2.45) is 0 Å². The molecule has 0 radical (unpaired) electrons. The van der Waals surface area contributed by atoms with E-state index in [0.717, 1.165) is 10.9 Å². The van der Waals surface area contributed by atoms with E-state index in [1.165, 1.54) is 0 Å². The van der Waals surface area contributed by atoms with Gasteiger partial charge in [-0.2, -0.15) is 0 Å². The van der Waals surface area contributed by atoms with Gasteiger partial charge in [-0.05, 0) is 25.1 Å². The average molecular weight is 256 g/mol. The van der Waals surface area contributed by atoms with Crippen LogP contribution >= 0.6 is 0 Å². The predicted molar refractivity (Wildman–Crippen MR) is 72.8 cm³/mol. The topological polar surface area (TPSA) is 79.1 Å². The predicted octanol–water partition coefficient (Wildman–Crippen LogP) is 2.64. The molecule has 0 aliphatic carbocycles. The van der Waals surface area contributed by atoms with E-state index in [-0.39, 0.29) is 11.5 Å². The van der Waals surface area contributed by atoms with E-state index in [2.05, 4.69) is 4.98 Å². The van der Waals surface area contributed by atoms with Gasteiger partial charge in [-0.3, -0.25) is 5.41 Å². The number of aromatic nitrogens is 1. The Morgan fingerprint density at radius 3 is 2.95 bits per heavy atom. The highest BCUT2D eigenvalue weighted by Crippen LogP contribution is 2.24. The Morgan fingerprint density at radius 1 is 1.37 bits per heavy atom. The Balaban J connectivity index is 2.29. The highest BCUT2D eigenvalue weighted by Gasteiger charge is 2.14. The Labute approximate surface area is 108 Å². The molecule has 5 nitrogen and oxygen atoms in total. The van der Waals surface area contributed by atoms with E-state index in [1.807, 2.05) is 24.3 Å². The molecule has 0 amide bonds. The van der Waals surface area contributed by atoms with Crippen LogP contribution in [0.15, 0.2) is 39.5 Å². The second-order valence-corrected chi connectivity index (χ2v) is 4.12. The van der Waals surface area contributed by atoms with Gasteiger partial charge in [-0.1, -0.05) is 12.1 Å². The summed E-state index contributed by atoms with van der Waals surface area (Å²) in [6, 6.07) is 9.16. The summed E-state index contributed by atoms with van der Waals surface area (Å²) in [6.45, 7) is 2.10. The van der Waals surface area contributed by atoms with Gasteiger partial charge in [-0.25, -0.2) is 4.79 Å². The van der Waals surface area contributed by atoms with Gasteiger partial charge < -0.3 is 14.1 Å². The first kappa shape index (κ1) is 11.5. The fraction of sp³-hybridized carbons (Fsp3) is 0.143.